The average Bonchev–Trinajstić information content (AvgIpc) is 3.19. The van der Waals surface area contributed by atoms with Crippen molar-refractivity contribution in [3.63, 3.8) is 0 Å². The lowest BCUT2D eigenvalue weighted by Gasteiger charge is -2.30. The highest BCUT2D eigenvalue weighted by Gasteiger charge is 2.37. The van der Waals surface area contributed by atoms with Gasteiger partial charge in [0.15, 0.2) is 0 Å². The zero-order valence-electron chi connectivity index (χ0n) is 16.5. The second-order valence-corrected chi connectivity index (χ2v) is 10.3. The van der Waals surface area contributed by atoms with Crippen molar-refractivity contribution >= 4 is 38.9 Å². The van der Waals surface area contributed by atoms with Crippen LogP contribution in [0.3, 0.4) is 0 Å². The summed E-state index contributed by atoms with van der Waals surface area (Å²) < 4.78 is 71.2. The third-order valence-corrected chi connectivity index (χ3v) is 8.20. The van der Waals surface area contributed by atoms with E-state index in [-0.39, 0.29) is 32.5 Å². The summed E-state index contributed by atoms with van der Waals surface area (Å²) in [6.45, 7) is 2.04. The summed E-state index contributed by atoms with van der Waals surface area (Å²) in [4.78, 5) is 16.1. The Kier molecular flexibility index (Phi) is 7.29. The summed E-state index contributed by atoms with van der Waals surface area (Å²) >= 11 is 7.06. The Bertz CT molecular complexity index is 1050. The number of thiazole rings is 1. The van der Waals surface area contributed by atoms with Crippen molar-refractivity contribution in [1.82, 2.24) is 9.29 Å². The molecule has 0 amide bonds. The molecule has 1 aromatic carbocycles. The van der Waals surface area contributed by atoms with E-state index in [1.54, 1.807) is 0 Å². The second-order valence-electron chi connectivity index (χ2n) is 7.01. The van der Waals surface area contributed by atoms with E-state index in [2.05, 4.69) is 4.98 Å². The molecule has 2 aromatic rings. The number of aryl methyl sites for hydroxylation is 1. The van der Waals surface area contributed by atoms with Gasteiger partial charge >= 0.3 is 12.1 Å². The smallest absolute Gasteiger partial charge is 0.417 e. The summed E-state index contributed by atoms with van der Waals surface area (Å²) in [6.07, 6.45) is -3.54. The highest BCUT2D eigenvalue weighted by atomic mass is 35.5. The fourth-order valence-electron chi connectivity index (χ4n) is 3.20. The highest BCUT2D eigenvalue weighted by molar-refractivity contribution is 7.89. The number of benzene rings is 1. The Morgan fingerprint density at radius 3 is 2.58 bits per heavy atom. The first kappa shape index (κ1) is 24.0. The Labute approximate surface area is 187 Å². The van der Waals surface area contributed by atoms with Gasteiger partial charge in [0, 0.05) is 18.5 Å². The van der Waals surface area contributed by atoms with Crippen molar-refractivity contribution < 1.29 is 31.1 Å². The molecule has 3 rings (SSSR count). The number of hydrogen-bond donors (Lipinski definition) is 0. The van der Waals surface area contributed by atoms with Crippen molar-refractivity contribution in [2.24, 2.45) is 5.92 Å². The van der Waals surface area contributed by atoms with Crippen LogP contribution in [0.5, 0.6) is 0 Å². The van der Waals surface area contributed by atoms with E-state index >= 15 is 0 Å². The molecule has 0 aliphatic carbocycles. The van der Waals surface area contributed by atoms with Crippen molar-refractivity contribution in [3.8, 4) is 0 Å². The summed E-state index contributed by atoms with van der Waals surface area (Å²) in [6, 6.07) is 2.51. The largest absolute Gasteiger partial charge is 0.459 e. The van der Waals surface area contributed by atoms with E-state index in [9.17, 15) is 26.4 Å². The van der Waals surface area contributed by atoms with Gasteiger partial charge in [-0.05, 0) is 37.5 Å². The summed E-state index contributed by atoms with van der Waals surface area (Å²) in [7, 11) is -4.15. The monoisotopic (exact) mass is 496 g/mol. The number of rotatable bonds is 6. The highest BCUT2D eigenvalue weighted by Crippen LogP contribution is 2.36. The number of piperidine rings is 1. The lowest BCUT2D eigenvalue weighted by atomic mass is 9.98. The van der Waals surface area contributed by atoms with Gasteiger partial charge in [-0.25, -0.2) is 13.4 Å². The lowest BCUT2D eigenvalue weighted by Crippen LogP contribution is -2.40. The maximum absolute atomic E-state index is 13.1. The van der Waals surface area contributed by atoms with Crippen LogP contribution in [0, 0.1) is 5.92 Å². The Hall–Kier alpha value is -1.69. The van der Waals surface area contributed by atoms with Gasteiger partial charge in [0.25, 0.3) is 0 Å². The molecule has 6 nitrogen and oxygen atoms in total. The van der Waals surface area contributed by atoms with Gasteiger partial charge < -0.3 is 4.74 Å². The zero-order valence-corrected chi connectivity index (χ0v) is 18.9. The minimum Gasteiger partial charge on any atom is -0.459 e. The predicted octanol–water partition coefficient (Wildman–Crippen LogP) is 4.52. The topological polar surface area (TPSA) is 76.6 Å². The number of esters is 1. The second kappa shape index (κ2) is 9.43. The normalized spacial score (nSPS) is 16.4. The Morgan fingerprint density at radius 1 is 1.32 bits per heavy atom. The molecular formula is C19H20ClF3N2O4S2. The minimum absolute atomic E-state index is 0.00274. The number of sulfonamides is 1. The van der Waals surface area contributed by atoms with Crippen LogP contribution in [0.25, 0.3) is 0 Å². The molecule has 31 heavy (non-hydrogen) atoms. The predicted molar refractivity (Wildman–Crippen MR) is 109 cm³/mol. The Balaban J connectivity index is 1.61. The molecule has 2 heterocycles. The van der Waals surface area contributed by atoms with E-state index in [1.165, 1.54) is 11.3 Å². The van der Waals surface area contributed by atoms with E-state index in [0.717, 1.165) is 27.9 Å². The quantitative estimate of drug-likeness (QED) is 0.549. The fourth-order valence-corrected chi connectivity index (χ4v) is 5.65. The fraction of sp³-hybridized carbons (Fsp3) is 0.474. The number of carbonyl (C=O) groups is 1. The number of hydrogen-bond acceptors (Lipinski definition) is 6. The van der Waals surface area contributed by atoms with Crippen molar-refractivity contribution in [3.05, 3.63) is 44.9 Å². The molecule has 0 spiro atoms. The van der Waals surface area contributed by atoms with E-state index in [1.807, 2.05) is 12.3 Å². The van der Waals surface area contributed by atoms with Gasteiger partial charge in [0.2, 0.25) is 10.0 Å². The Morgan fingerprint density at radius 2 is 2.00 bits per heavy atom. The standard InChI is InChI=1S/C19H20ClF3N2O4S2/c1-2-17-24-13(11-30-17)10-29-18(26)12-5-7-25(8-6-12)31(27,28)14-3-4-16(20)15(9-14)19(21,22)23/h3-4,9,11-12H,2,5-8,10H2,1H3. The van der Waals surface area contributed by atoms with E-state index in [0.29, 0.717) is 11.8 Å². The van der Waals surface area contributed by atoms with Crippen LogP contribution in [-0.4, -0.2) is 36.8 Å². The van der Waals surface area contributed by atoms with E-state index in [4.69, 9.17) is 16.3 Å². The molecule has 0 saturated carbocycles. The first-order chi connectivity index (χ1) is 14.5. The van der Waals surface area contributed by atoms with Crippen molar-refractivity contribution in [2.45, 2.75) is 43.9 Å². The molecule has 1 aliphatic rings. The first-order valence-corrected chi connectivity index (χ1v) is 12.2. The molecule has 0 atom stereocenters. The molecule has 1 aliphatic heterocycles. The maximum atomic E-state index is 13.1. The van der Waals surface area contributed by atoms with Crippen LogP contribution in [0.4, 0.5) is 13.2 Å². The molecule has 0 N–H and O–H groups in total. The molecule has 1 aromatic heterocycles. The molecule has 1 fully saturated rings. The SMILES string of the molecule is CCc1nc(COC(=O)C2CCN(S(=O)(=O)c3ccc(Cl)c(C(F)(F)F)c3)CC2)cs1. The number of aromatic nitrogens is 1. The molecule has 170 valence electrons. The zero-order chi connectivity index (χ0) is 22.8. The summed E-state index contributed by atoms with van der Waals surface area (Å²) in [5, 5.41) is 2.20. The molecule has 0 unspecified atom stereocenters. The minimum atomic E-state index is -4.77. The number of nitrogens with zero attached hydrogens (tertiary/aromatic N) is 2. The van der Waals surface area contributed by atoms with E-state index < -0.39 is 43.6 Å². The van der Waals surface area contributed by atoms with Gasteiger partial charge in [-0.2, -0.15) is 17.5 Å². The van der Waals surface area contributed by atoms with Crippen LogP contribution in [0.15, 0.2) is 28.5 Å². The maximum Gasteiger partial charge on any atom is 0.417 e. The molecule has 12 heteroatoms. The van der Waals surface area contributed by atoms with Crippen molar-refractivity contribution in [1.29, 1.82) is 0 Å². The molecular weight excluding hydrogens is 477 g/mol. The van der Waals surface area contributed by atoms with Gasteiger partial charge in [-0.1, -0.05) is 18.5 Å². The van der Waals surface area contributed by atoms with Gasteiger partial charge in [-0.3, -0.25) is 4.79 Å². The number of alkyl halides is 3. The van der Waals surface area contributed by atoms with Gasteiger partial charge in [-0.15, -0.1) is 11.3 Å². The van der Waals surface area contributed by atoms with Crippen LogP contribution >= 0.6 is 22.9 Å². The number of halogens is 4. The summed E-state index contributed by atoms with van der Waals surface area (Å²) in [5.41, 5.74) is -0.541. The van der Waals surface area contributed by atoms with Crippen molar-refractivity contribution in [2.75, 3.05) is 13.1 Å². The first-order valence-electron chi connectivity index (χ1n) is 9.49. The van der Waals surface area contributed by atoms with Gasteiger partial charge in [0.05, 0.1) is 32.1 Å². The van der Waals surface area contributed by atoms with Crippen LogP contribution < -0.4 is 0 Å². The third-order valence-electron chi connectivity index (χ3n) is 4.93. The number of carbonyl (C=O) groups excluding carboxylic acids is 1. The molecule has 0 bridgehead atoms. The third kappa shape index (κ3) is 5.57. The lowest BCUT2D eigenvalue weighted by molar-refractivity contribution is -0.151. The summed E-state index contributed by atoms with van der Waals surface area (Å²) in [5.74, 6) is -0.916. The average molecular weight is 497 g/mol. The van der Waals surface area contributed by atoms with Crippen LogP contribution in [0.1, 0.15) is 36.0 Å². The number of ether oxygens (including phenoxy) is 1. The molecule has 0 radical (unpaired) electrons. The molecule has 1 saturated heterocycles. The van der Waals surface area contributed by atoms with Crippen LogP contribution in [0.2, 0.25) is 5.02 Å². The van der Waals surface area contributed by atoms with Gasteiger partial charge in [0.1, 0.15) is 6.61 Å². The van der Waals surface area contributed by atoms with Crippen LogP contribution in [-0.2, 0) is 38.8 Å².